The third-order valence-electron chi connectivity index (χ3n) is 4.81. The van der Waals surface area contributed by atoms with Gasteiger partial charge in [-0.2, -0.15) is 0 Å². The van der Waals surface area contributed by atoms with E-state index in [9.17, 15) is 4.89 Å². The van der Waals surface area contributed by atoms with Crippen LogP contribution in [0.1, 0.15) is 27.7 Å². The van der Waals surface area contributed by atoms with Gasteiger partial charge in [0, 0.05) is 24.6 Å². The molecule has 0 spiro atoms. The van der Waals surface area contributed by atoms with Crippen LogP contribution in [0.5, 0.6) is 0 Å². The molecule has 0 aliphatic heterocycles. The van der Waals surface area contributed by atoms with Gasteiger partial charge in [-0.25, -0.2) is 0 Å². The molecule has 0 saturated carbocycles. The highest BCUT2D eigenvalue weighted by Crippen LogP contribution is 2.57. The highest BCUT2D eigenvalue weighted by molar-refractivity contribution is 7.73. The summed E-state index contributed by atoms with van der Waals surface area (Å²) >= 11 is 0. The molecule has 3 atom stereocenters. The minimum absolute atomic E-state index is 0.0737. The number of benzene rings is 2. The molecule has 1 nitrogen and oxygen atoms in total. The van der Waals surface area contributed by atoms with Gasteiger partial charge in [0.05, 0.1) is 0 Å². The molecule has 0 heterocycles. The molecule has 2 unspecified atom stereocenters. The van der Waals surface area contributed by atoms with Crippen LogP contribution >= 0.6 is 16.1 Å². The average Bonchev–Trinajstić information content (AvgIpc) is 3.12. The monoisotopic (exact) mass is 382 g/mol. The van der Waals surface area contributed by atoms with Crippen LogP contribution in [-0.2, 0) is 0 Å². The zero-order chi connectivity index (χ0) is 18.7. The normalized spacial score (nSPS) is 19.5. The van der Waals surface area contributed by atoms with Crippen molar-refractivity contribution >= 4 is 26.7 Å². The highest BCUT2D eigenvalue weighted by atomic mass is 31.1. The highest BCUT2D eigenvalue weighted by Gasteiger charge is 2.36. The van der Waals surface area contributed by atoms with Crippen LogP contribution < -0.4 is 10.6 Å². The fourth-order valence-electron chi connectivity index (χ4n) is 3.43. The van der Waals surface area contributed by atoms with Crippen molar-refractivity contribution in [3.63, 3.8) is 0 Å². The number of rotatable bonds is 5. The Bertz CT molecular complexity index is 735. The molecule has 0 radical (unpaired) electrons. The van der Waals surface area contributed by atoms with E-state index in [1.165, 1.54) is 16.2 Å². The second kappa shape index (κ2) is 8.18. The smallest absolute Gasteiger partial charge is 0.0438 e. The first-order valence-electron chi connectivity index (χ1n) is 9.15. The Hall–Kier alpha value is -1.26. The lowest BCUT2D eigenvalue weighted by atomic mass is 10.2. The number of hydrogen-bond acceptors (Lipinski definition) is 1. The molecule has 0 bridgehead atoms. The summed E-state index contributed by atoms with van der Waals surface area (Å²) in [5.41, 5.74) is 1.93. The molecular formula is C23H28OP2. The van der Waals surface area contributed by atoms with Gasteiger partial charge >= 0.3 is 0 Å². The minimum atomic E-state index is -1.10. The molecule has 1 N–H and O–H groups in total. The molecule has 0 amide bonds. The quantitative estimate of drug-likeness (QED) is 0.671. The van der Waals surface area contributed by atoms with Crippen molar-refractivity contribution in [2.24, 2.45) is 0 Å². The maximum atomic E-state index is 11.0. The Morgan fingerprint density at radius 1 is 0.885 bits per heavy atom. The minimum Gasteiger partial charge on any atom is -0.372 e. The van der Waals surface area contributed by atoms with Gasteiger partial charge in [-0.1, -0.05) is 107 Å². The third kappa shape index (κ3) is 4.17. The van der Waals surface area contributed by atoms with Crippen LogP contribution in [0, 0.1) is 0 Å². The number of allylic oxidation sites excluding steroid dienone is 4. The van der Waals surface area contributed by atoms with Crippen LogP contribution in [0.2, 0.25) is 0 Å². The van der Waals surface area contributed by atoms with Crippen LogP contribution in [0.15, 0.2) is 84.5 Å². The first-order chi connectivity index (χ1) is 12.4. The van der Waals surface area contributed by atoms with E-state index in [-0.39, 0.29) is 10.8 Å². The summed E-state index contributed by atoms with van der Waals surface area (Å²) in [6, 6.07) is 21.7. The van der Waals surface area contributed by atoms with Gasteiger partial charge < -0.3 is 4.89 Å². The van der Waals surface area contributed by atoms with Crippen LogP contribution in [0.25, 0.3) is 0 Å². The standard InChI is InChI=1S/C23H28OP2/c1-18(21-16-11-17-22(21)26(24)23(2,3)4)25(19-12-7-5-8-13-19)20-14-9-6-10-15-20/h5-18,22,24H,1-4H3/t18-,22?,26?/m0/s1. The van der Waals surface area contributed by atoms with Crippen molar-refractivity contribution in [3.05, 3.63) is 84.5 Å². The largest absolute Gasteiger partial charge is 0.372 e. The molecule has 3 rings (SSSR count). The SMILES string of the molecule is C[C@@H](C1=CC=CC1P(O)C(C)(C)C)P(c1ccccc1)c1ccccc1. The molecule has 2 aromatic carbocycles. The lowest BCUT2D eigenvalue weighted by Gasteiger charge is -2.35. The summed E-state index contributed by atoms with van der Waals surface area (Å²) in [5, 5.41) is 2.71. The summed E-state index contributed by atoms with van der Waals surface area (Å²) in [4.78, 5) is 11.0. The van der Waals surface area contributed by atoms with Gasteiger partial charge in [0.25, 0.3) is 0 Å². The van der Waals surface area contributed by atoms with E-state index in [1.54, 1.807) is 0 Å². The van der Waals surface area contributed by atoms with Gasteiger partial charge in [-0.3, -0.25) is 0 Å². The lowest BCUT2D eigenvalue weighted by molar-refractivity contribution is 0.571. The Balaban J connectivity index is 1.97. The lowest BCUT2D eigenvalue weighted by Crippen LogP contribution is -2.27. The molecule has 0 fully saturated rings. The van der Waals surface area contributed by atoms with Crippen LogP contribution in [0.3, 0.4) is 0 Å². The van der Waals surface area contributed by atoms with Crippen molar-refractivity contribution in [2.75, 3.05) is 0 Å². The number of hydrogen-bond donors (Lipinski definition) is 1. The Kier molecular flexibility index (Phi) is 6.13. The van der Waals surface area contributed by atoms with E-state index < -0.39 is 16.1 Å². The fourth-order valence-corrected chi connectivity index (χ4v) is 7.96. The molecular weight excluding hydrogens is 354 g/mol. The summed E-state index contributed by atoms with van der Waals surface area (Å²) < 4.78 is 0. The van der Waals surface area contributed by atoms with Crippen molar-refractivity contribution in [2.45, 2.75) is 44.2 Å². The second-order valence-corrected chi connectivity index (χ2v) is 12.9. The van der Waals surface area contributed by atoms with Gasteiger partial charge in [0.15, 0.2) is 0 Å². The third-order valence-corrected chi connectivity index (χ3v) is 9.97. The summed E-state index contributed by atoms with van der Waals surface area (Å²) in [6.07, 6.45) is 6.58. The second-order valence-electron chi connectivity index (χ2n) is 7.73. The first kappa shape index (κ1) is 19.5. The van der Waals surface area contributed by atoms with Crippen molar-refractivity contribution in [3.8, 4) is 0 Å². The molecule has 1 aliphatic rings. The van der Waals surface area contributed by atoms with E-state index >= 15 is 0 Å². The molecule has 0 saturated heterocycles. The van der Waals surface area contributed by atoms with Gasteiger partial charge in [-0.15, -0.1) is 0 Å². The maximum absolute atomic E-state index is 11.0. The van der Waals surface area contributed by atoms with Gasteiger partial charge in [0.2, 0.25) is 0 Å². The molecule has 0 aromatic heterocycles. The van der Waals surface area contributed by atoms with Gasteiger partial charge in [0.1, 0.15) is 0 Å². The molecule has 3 heteroatoms. The Morgan fingerprint density at radius 3 is 1.85 bits per heavy atom. The van der Waals surface area contributed by atoms with Crippen molar-refractivity contribution < 1.29 is 4.89 Å². The van der Waals surface area contributed by atoms with Crippen molar-refractivity contribution in [1.82, 2.24) is 0 Å². The van der Waals surface area contributed by atoms with Crippen LogP contribution in [0.4, 0.5) is 0 Å². The maximum Gasteiger partial charge on any atom is 0.0438 e. The van der Waals surface area contributed by atoms with E-state index in [0.29, 0.717) is 5.66 Å². The first-order valence-corrected chi connectivity index (χ1v) is 11.9. The van der Waals surface area contributed by atoms with Crippen molar-refractivity contribution in [1.29, 1.82) is 0 Å². The summed E-state index contributed by atoms with van der Waals surface area (Å²) in [6.45, 7) is 8.77. The molecule has 26 heavy (non-hydrogen) atoms. The predicted molar refractivity (Wildman–Crippen MR) is 118 cm³/mol. The molecule has 1 aliphatic carbocycles. The summed E-state index contributed by atoms with van der Waals surface area (Å²) in [5.74, 6) is 0. The Morgan fingerprint density at radius 2 is 1.38 bits per heavy atom. The fraction of sp³-hybridized carbons (Fsp3) is 0.304. The Labute approximate surface area is 160 Å². The van der Waals surface area contributed by atoms with E-state index in [1.807, 2.05) is 0 Å². The van der Waals surface area contributed by atoms with Gasteiger partial charge in [-0.05, 0) is 24.1 Å². The van der Waals surface area contributed by atoms with E-state index in [2.05, 4.69) is 107 Å². The topological polar surface area (TPSA) is 20.2 Å². The zero-order valence-electron chi connectivity index (χ0n) is 16.0. The molecule has 2 aromatic rings. The van der Waals surface area contributed by atoms with E-state index in [4.69, 9.17) is 0 Å². The predicted octanol–water partition coefficient (Wildman–Crippen LogP) is 5.56. The zero-order valence-corrected chi connectivity index (χ0v) is 17.8. The summed E-state index contributed by atoms with van der Waals surface area (Å²) in [7, 11) is -1.62. The van der Waals surface area contributed by atoms with E-state index in [0.717, 1.165) is 0 Å². The molecule has 136 valence electrons. The average molecular weight is 382 g/mol. The van der Waals surface area contributed by atoms with Crippen LogP contribution in [-0.4, -0.2) is 21.4 Å².